The quantitative estimate of drug-likeness (QED) is 0.795. The molecule has 2 aromatic rings. The van der Waals surface area contributed by atoms with E-state index in [4.69, 9.17) is 10.2 Å². The molecule has 0 bridgehead atoms. The van der Waals surface area contributed by atoms with Crippen LogP contribution in [0, 0.1) is 3.57 Å². The first kappa shape index (κ1) is 15.2. The normalized spacial score (nSPS) is 9.11. The zero-order valence-corrected chi connectivity index (χ0v) is 11.9. The average Bonchev–Trinajstić information content (AvgIpc) is 2.40. The molecule has 0 aliphatic carbocycles. The van der Waals surface area contributed by atoms with E-state index in [0.29, 0.717) is 11.1 Å². The van der Waals surface area contributed by atoms with E-state index in [9.17, 15) is 9.59 Å². The van der Waals surface area contributed by atoms with Crippen LogP contribution >= 0.6 is 22.6 Å². The van der Waals surface area contributed by atoms with E-state index in [-0.39, 0.29) is 0 Å². The molecule has 0 aliphatic heterocycles. The third kappa shape index (κ3) is 5.09. The number of hydrogen-bond acceptors (Lipinski definition) is 2. The molecule has 2 rings (SSSR count). The fourth-order valence-corrected chi connectivity index (χ4v) is 1.83. The summed E-state index contributed by atoms with van der Waals surface area (Å²) in [5, 5.41) is 16.9. The highest BCUT2D eigenvalue weighted by atomic mass is 127. The van der Waals surface area contributed by atoms with Gasteiger partial charge < -0.3 is 10.2 Å². The van der Waals surface area contributed by atoms with Gasteiger partial charge in [-0.1, -0.05) is 30.3 Å². The Bertz CT molecular complexity index is 567. The van der Waals surface area contributed by atoms with Crippen LogP contribution in [0.25, 0.3) is 0 Å². The van der Waals surface area contributed by atoms with Crippen LogP contribution in [0.1, 0.15) is 20.7 Å². The summed E-state index contributed by atoms with van der Waals surface area (Å²) < 4.78 is 0.771. The Morgan fingerprint density at radius 3 is 1.68 bits per heavy atom. The summed E-state index contributed by atoms with van der Waals surface area (Å²) in [5.74, 6) is -1.75. The molecule has 5 heteroatoms. The maximum atomic E-state index is 10.4. The van der Waals surface area contributed by atoms with Crippen molar-refractivity contribution in [3.8, 4) is 0 Å². The highest BCUT2D eigenvalue weighted by molar-refractivity contribution is 14.1. The lowest BCUT2D eigenvalue weighted by molar-refractivity contribution is 0.0685. The van der Waals surface area contributed by atoms with E-state index in [2.05, 4.69) is 0 Å². The molecular formula is C14H11IO4. The van der Waals surface area contributed by atoms with Gasteiger partial charge in [0.15, 0.2) is 0 Å². The van der Waals surface area contributed by atoms with E-state index >= 15 is 0 Å². The number of rotatable bonds is 2. The van der Waals surface area contributed by atoms with Crippen LogP contribution in [0.4, 0.5) is 0 Å². The second-order valence-corrected chi connectivity index (χ2v) is 4.62. The summed E-state index contributed by atoms with van der Waals surface area (Å²) in [4.78, 5) is 20.6. The van der Waals surface area contributed by atoms with Crippen molar-refractivity contribution in [2.24, 2.45) is 0 Å². The lowest BCUT2D eigenvalue weighted by Gasteiger charge is -1.94. The minimum atomic E-state index is -0.879. The van der Waals surface area contributed by atoms with Gasteiger partial charge in [0.1, 0.15) is 0 Å². The van der Waals surface area contributed by atoms with Crippen molar-refractivity contribution < 1.29 is 19.8 Å². The summed E-state index contributed by atoms with van der Waals surface area (Å²) in [6.45, 7) is 0. The van der Waals surface area contributed by atoms with Crippen molar-refractivity contribution in [3.05, 3.63) is 69.3 Å². The van der Waals surface area contributed by atoms with Crippen molar-refractivity contribution >= 4 is 34.5 Å². The Labute approximate surface area is 123 Å². The van der Waals surface area contributed by atoms with E-state index in [0.717, 1.165) is 3.57 Å². The number of benzene rings is 2. The SMILES string of the molecule is O=C(O)c1ccccc1.O=C(O)c1ccccc1I. The molecule has 0 amide bonds. The molecule has 98 valence electrons. The van der Waals surface area contributed by atoms with Crippen LogP contribution in [0.3, 0.4) is 0 Å². The van der Waals surface area contributed by atoms with E-state index in [1.807, 2.05) is 28.7 Å². The van der Waals surface area contributed by atoms with Crippen LogP contribution in [0.5, 0.6) is 0 Å². The molecule has 0 fully saturated rings. The largest absolute Gasteiger partial charge is 0.478 e. The topological polar surface area (TPSA) is 74.6 Å². The number of halogens is 1. The summed E-state index contributed by atoms with van der Waals surface area (Å²) in [6, 6.07) is 15.2. The zero-order valence-electron chi connectivity index (χ0n) is 9.79. The maximum Gasteiger partial charge on any atom is 0.336 e. The lowest BCUT2D eigenvalue weighted by atomic mass is 10.2. The number of carbonyl (C=O) groups is 2. The minimum absolute atomic E-state index is 0.331. The standard InChI is InChI=1S/C7H5IO2.C7H6O2/c8-6-4-2-1-3-5(6)7(9)10;8-7(9)6-4-2-1-3-5-6/h1-4H,(H,9,10);1-5H,(H,8,9). The lowest BCUT2D eigenvalue weighted by Crippen LogP contribution is -1.97. The van der Waals surface area contributed by atoms with Crippen LogP contribution in [-0.2, 0) is 0 Å². The van der Waals surface area contributed by atoms with Crippen molar-refractivity contribution in [1.82, 2.24) is 0 Å². The third-order valence-corrected chi connectivity index (χ3v) is 3.07. The Hall–Kier alpha value is -1.89. The monoisotopic (exact) mass is 370 g/mol. The van der Waals surface area contributed by atoms with Crippen LogP contribution < -0.4 is 0 Å². The van der Waals surface area contributed by atoms with Gasteiger partial charge in [-0.25, -0.2) is 9.59 Å². The number of carboxylic acids is 2. The molecule has 0 heterocycles. The van der Waals surface area contributed by atoms with Gasteiger partial charge in [-0.3, -0.25) is 0 Å². The van der Waals surface area contributed by atoms with Crippen LogP contribution in [0.2, 0.25) is 0 Å². The van der Waals surface area contributed by atoms with Gasteiger partial charge in [0.25, 0.3) is 0 Å². The Balaban J connectivity index is 0.000000191. The Morgan fingerprint density at radius 2 is 1.32 bits per heavy atom. The van der Waals surface area contributed by atoms with E-state index < -0.39 is 11.9 Å². The number of hydrogen-bond donors (Lipinski definition) is 2. The molecule has 19 heavy (non-hydrogen) atoms. The van der Waals surface area contributed by atoms with Gasteiger partial charge in [0.2, 0.25) is 0 Å². The van der Waals surface area contributed by atoms with Gasteiger partial charge in [-0.15, -0.1) is 0 Å². The molecule has 0 spiro atoms. The first-order chi connectivity index (χ1) is 9.02. The Morgan fingerprint density at radius 1 is 0.789 bits per heavy atom. The molecule has 0 unspecified atom stereocenters. The molecule has 0 radical (unpaired) electrons. The summed E-state index contributed by atoms with van der Waals surface area (Å²) in [5.41, 5.74) is 0.695. The maximum absolute atomic E-state index is 10.4. The molecule has 0 atom stereocenters. The van der Waals surface area contributed by atoms with E-state index in [1.165, 1.54) is 0 Å². The predicted molar refractivity (Wildman–Crippen MR) is 79.5 cm³/mol. The minimum Gasteiger partial charge on any atom is -0.478 e. The first-order valence-corrected chi connectivity index (χ1v) is 6.36. The third-order valence-electron chi connectivity index (χ3n) is 2.13. The number of aromatic carboxylic acids is 2. The van der Waals surface area contributed by atoms with Gasteiger partial charge in [0.05, 0.1) is 11.1 Å². The predicted octanol–water partition coefficient (Wildman–Crippen LogP) is 3.37. The van der Waals surface area contributed by atoms with Gasteiger partial charge in [0, 0.05) is 3.57 Å². The van der Waals surface area contributed by atoms with Gasteiger partial charge in [-0.05, 0) is 46.9 Å². The second kappa shape index (κ2) is 7.52. The highest BCUT2D eigenvalue weighted by Gasteiger charge is 2.04. The van der Waals surface area contributed by atoms with Crippen molar-refractivity contribution in [1.29, 1.82) is 0 Å². The highest BCUT2D eigenvalue weighted by Crippen LogP contribution is 2.10. The molecule has 0 saturated heterocycles. The van der Waals surface area contributed by atoms with E-state index in [1.54, 1.807) is 48.5 Å². The average molecular weight is 370 g/mol. The second-order valence-electron chi connectivity index (χ2n) is 3.46. The van der Waals surface area contributed by atoms with Gasteiger partial charge in [-0.2, -0.15) is 0 Å². The molecule has 4 nitrogen and oxygen atoms in total. The first-order valence-electron chi connectivity index (χ1n) is 5.28. The number of carboxylic acid groups (broad SMARTS) is 2. The van der Waals surface area contributed by atoms with Crippen molar-refractivity contribution in [2.75, 3.05) is 0 Å². The Kier molecular flexibility index (Phi) is 6.01. The molecule has 0 saturated carbocycles. The molecule has 0 aliphatic rings. The molecule has 2 N–H and O–H groups in total. The smallest absolute Gasteiger partial charge is 0.336 e. The summed E-state index contributed by atoms with van der Waals surface area (Å²) in [6.07, 6.45) is 0. The fourth-order valence-electron chi connectivity index (χ4n) is 1.22. The summed E-state index contributed by atoms with van der Waals surface area (Å²) in [7, 11) is 0. The fraction of sp³-hybridized carbons (Fsp3) is 0. The van der Waals surface area contributed by atoms with Crippen LogP contribution in [-0.4, -0.2) is 22.2 Å². The zero-order chi connectivity index (χ0) is 14.3. The van der Waals surface area contributed by atoms with Gasteiger partial charge >= 0.3 is 11.9 Å². The summed E-state index contributed by atoms with van der Waals surface area (Å²) >= 11 is 1.99. The van der Waals surface area contributed by atoms with Crippen molar-refractivity contribution in [2.45, 2.75) is 0 Å². The molecule has 2 aromatic carbocycles. The molecular weight excluding hydrogens is 359 g/mol. The van der Waals surface area contributed by atoms with Crippen LogP contribution in [0.15, 0.2) is 54.6 Å². The molecule has 0 aromatic heterocycles. The van der Waals surface area contributed by atoms with Crippen molar-refractivity contribution in [3.63, 3.8) is 0 Å².